The van der Waals surface area contributed by atoms with Gasteiger partial charge in [-0.3, -0.25) is 9.69 Å². The standard InChI is InChI=1S/C27H34N4O5S/c1-17(2)30-37(33,34)21-5-7-24-22(16-21)26(27(32)29-24)18(3)25-15-19-14-20(4-6-23(19)28-25)36-13-10-31-8-11-35-12-9-31/h4-7,14,16-17,25,28,30H,8-13,15H2,1-3H3,(H,29,32)/b26-18-. The molecule has 1 fully saturated rings. The van der Waals surface area contributed by atoms with E-state index >= 15 is 0 Å². The van der Waals surface area contributed by atoms with Crippen molar-refractivity contribution >= 4 is 32.9 Å². The van der Waals surface area contributed by atoms with E-state index in [-0.39, 0.29) is 22.9 Å². The molecule has 1 atom stereocenters. The van der Waals surface area contributed by atoms with E-state index in [1.54, 1.807) is 26.0 Å². The number of rotatable bonds is 8. The largest absolute Gasteiger partial charge is 0.492 e. The van der Waals surface area contributed by atoms with Crippen LogP contribution in [0.25, 0.3) is 5.57 Å². The molecule has 0 saturated carbocycles. The van der Waals surface area contributed by atoms with E-state index in [1.807, 2.05) is 19.1 Å². The molecule has 37 heavy (non-hydrogen) atoms. The van der Waals surface area contributed by atoms with Gasteiger partial charge in [-0.05, 0) is 74.7 Å². The van der Waals surface area contributed by atoms with Crippen LogP contribution in [0.3, 0.4) is 0 Å². The molecule has 0 spiro atoms. The van der Waals surface area contributed by atoms with Crippen LogP contribution in [0, 0.1) is 0 Å². The number of nitrogens with zero attached hydrogens (tertiary/aromatic N) is 1. The number of carbonyl (C=O) groups is 1. The lowest BCUT2D eigenvalue weighted by Gasteiger charge is -2.26. The molecule has 1 amide bonds. The van der Waals surface area contributed by atoms with Gasteiger partial charge in [0.25, 0.3) is 5.91 Å². The van der Waals surface area contributed by atoms with Gasteiger partial charge in [0.1, 0.15) is 12.4 Å². The highest BCUT2D eigenvalue weighted by atomic mass is 32.2. The zero-order chi connectivity index (χ0) is 26.2. The molecule has 1 unspecified atom stereocenters. The van der Waals surface area contributed by atoms with Crippen LogP contribution in [-0.2, 0) is 26.0 Å². The summed E-state index contributed by atoms with van der Waals surface area (Å²) in [6.45, 7) is 10.4. The molecular formula is C27H34N4O5S. The summed E-state index contributed by atoms with van der Waals surface area (Å²) in [7, 11) is -3.68. The summed E-state index contributed by atoms with van der Waals surface area (Å²) in [6, 6.07) is 10.5. The number of hydrogen-bond donors (Lipinski definition) is 3. The first-order valence-electron chi connectivity index (χ1n) is 12.7. The van der Waals surface area contributed by atoms with E-state index in [4.69, 9.17) is 9.47 Å². The third-order valence-corrected chi connectivity index (χ3v) is 8.62. The minimum atomic E-state index is -3.68. The van der Waals surface area contributed by atoms with Gasteiger partial charge in [0.15, 0.2) is 0 Å². The maximum atomic E-state index is 13.0. The van der Waals surface area contributed by atoms with Gasteiger partial charge in [-0.1, -0.05) is 0 Å². The second kappa shape index (κ2) is 10.4. The Hall–Kier alpha value is -2.92. The zero-order valence-electron chi connectivity index (χ0n) is 21.5. The number of hydrogen-bond acceptors (Lipinski definition) is 7. The lowest BCUT2D eigenvalue weighted by atomic mass is 9.95. The van der Waals surface area contributed by atoms with Crippen molar-refractivity contribution in [1.29, 1.82) is 0 Å². The monoisotopic (exact) mass is 526 g/mol. The Morgan fingerprint density at radius 3 is 2.68 bits per heavy atom. The molecule has 0 bridgehead atoms. The molecule has 198 valence electrons. The Morgan fingerprint density at radius 1 is 1.16 bits per heavy atom. The molecule has 5 rings (SSSR count). The Bertz CT molecular complexity index is 1330. The van der Waals surface area contributed by atoms with Crippen LogP contribution >= 0.6 is 0 Å². The Kier molecular flexibility index (Phi) is 7.26. The predicted octanol–water partition coefficient (Wildman–Crippen LogP) is 2.85. The van der Waals surface area contributed by atoms with E-state index in [1.165, 1.54) is 6.07 Å². The van der Waals surface area contributed by atoms with Crippen molar-refractivity contribution in [3.05, 3.63) is 53.1 Å². The molecule has 9 nitrogen and oxygen atoms in total. The summed E-state index contributed by atoms with van der Waals surface area (Å²) in [5.41, 5.74) is 4.76. The fourth-order valence-electron chi connectivity index (χ4n) is 5.06. The molecule has 1 saturated heterocycles. The molecule has 2 aromatic rings. The zero-order valence-corrected chi connectivity index (χ0v) is 22.3. The third-order valence-electron chi connectivity index (χ3n) is 6.96. The predicted molar refractivity (Wildman–Crippen MR) is 143 cm³/mol. The van der Waals surface area contributed by atoms with Gasteiger partial charge < -0.3 is 20.1 Å². The van der Waals surface area contributed by atoms with Crippen molar-refractivity contribution in [1.82, 2.24) is 9.62 Å². The highest BCUT2D eigenvalue weighted by Gasteiger charge is 2.32. The van der Waals surface area contributed by atoms with Crippen LogP contribution in [0.15, 0.2) is 46.9 Å². The topological polar surface area (TPSA) is 109 Å². The molecule has 3 aliphatic rings. The van der Waals surface area contributed by atoms with Crippen LogP contribution in [0.2, 0.25) is 0 Å². The second-order valence-corrected chi connectivity index (χ2v) is 11.7. The van der Waals surface area contributed by atoms with E-state index < -0.39 is 10.0 Å². The molecule has 10 heteroatoms. The van der Waals surface area contributed by atoms with Crippen LogP contribution in [0.1, 0.15) is 31.9 Å². The fraction of sp³-hybridized carbons (Fsp3) is 0.444. The first-order chi connectivity index (χ1) is 17.7. The Morgan fingerprint density at radius 2 is 1.92 bits per heavy atom. The quantitative estimate of drug-likeness (QED) is 0.454. The number of nitrogens with one attached hydrogen (secondary N) is 3. The molecule has 0 aromatic heterocycles. The number of benzene rings is 2. The molecular weight excluding hydrogens is 492 g/mol. The van der Waals surface area contributed by atoms with E-state index in [0.29, 0.717) is 29.9 Å². The van der Waals surface area contributed by atoms with Gasteiger partial charge in [0.2, 0.25) is 10.0 Å². The van der Waals surface area contributed by atoms with Crippen LogP contribution in [-0.4, -0.2) is 70.8 Å². The number of anilines is 2. The maximum Gasteiger partial charge on any atom is 0.256 e. The molecule has 3 N–H and O–H groups in total. The summed E-state index contributed by atoms with van der Waals surface area (Å²) in [6.07, 6.45) is 0.709. The van der Waals surface area contributed by atoms with Crippen molar-refractivity contribution in [3.63, 3.8) is 0 Å². The number of sulfonamides is 1. The van der Waals surface area contributed by atoms with Gasteiger partial charge >= 0.3 is 0 Å². The molecule has 2 aromatic carbocycles. The van der Waals surface area contributed by atoms with Crippen LogP contribution in [0.5, 0.6) is 5.75 Å². The molecule has 3 aliphatic heterocycles. The highest BCUT2D eigenvalue weighted by Crippen LogP contribution is 2.39. The minimum Gasteiger partial charge on any atom is -0.492 e. The van der Waals surface area contributed by atoms with E-state index in [0.717, 1.165) is 55.4 Å². The summed E-state index contributed by atoms with van der Waals surface area (Å²) >= 11 is 0. The molecule has 0 aliphatic carbocycles. The Labute approximate surface area is 218 Å². The van der Waals surface area contributed by atoms with Crippen molar-refractivity contribution in [2.75, 3.05) is 50.1 Å². The van der Waals surface area contributed by atoms with E-state index in [9.17, 15) is 13.2 Å². The number of carbonyl (C=O) groups excluding carboxylic acids is 1. The third kappa shape index (κ3) is 5.52. The van der Waals surface area contributed by atoms with Crippen molar-refractivity contribution in [2.45, 2.75) is 44.2 Å². The summed E-state index contributed by atoms with van der Waals surface area (Å²) < 4.78 is 39.5. The smallest absolute Gasteiger partial charge is 0.256 e. The molecule has 3 heterocycles. The van der Waals surface area contributed by atoms with Crippen molar-refractivity contribution < 1.29 is 22.7 Å². The average molecular weight is 527 g/mol. The SMILES string of the molecule is C/C(=C1/C(=O)Nc2ccc(S(=O)(=O)NC(C)C)cc21)C1Cc2cc(OCCN3CCOCC3)ccc2N1. The highest BCUT2D eigenvalue weighted by molar-refractivity contribution is 7.89. The first-order valence-corrected chi connectivity index (χ1v) is 14.2. The summed E-state index contributed by atoms with van der Waals surface area (Å²) in [4.78, 5) is 15.4. The van der Waals surface area contributed by atoms with Crippen LogP contribution in [0.4, 0.5) is 11.4 Å². The number of amides is 1. The Balaban J connectivity index is 1.32. The summed E-state index contributed by atoms with van der Waals surface area (Å²) in [5, 5.41) is 6.40. The lowest BCUT2D eigenvalue weighted by Crippen LogP contribution is -2.38. The average Bonchev–Trinajstić information content (AvgIpc) is 3.43. The number of morpholine rings is 1. The van der Waals surface area contributed by atoms with Gasteiger partial charge in [0.05, 0.1) is 29.7 Å². The van der Waals surface area contributed by atoms with Gasteiger partial charge in [-0.2, -0.15) is 0 Å². The van der Waals surface area contributed by atoms with E-state index in [2.05, 4.69) is 26.3 Å². The number of fused-ring (bicyclic) bond motifs is 2. The number of ether oxygens (including phenoxy) is 2. The summed E-state index contributed by atoms with van der Waals surface area (Å²) in [5.74, 6) is 0.611. The lowest BCUT2D eigenvalue weighted by molar-refractivity contribution is -0.110. The molecule has 0 radical (unpaired) electrons. The van der Waals surface area contributed by atoms with Crippen molar-refractivity contribution in [2.24, 2.45) is 0 Å². The van der Waals surface area contributed by atoms with Gasteiger partial charge in [0, 0.05) is 42.6 Å². The second-order valence-electron chi connectivity index (χ2n) is 10.0. The van der Waals surface area contributed by atoms with Crippen LogP contribution < -0.4 is 20.1 Å². The van der Waals surface area contributed by atoms with Crippen molar-refractivity contribution in [3.8, 4) is 5.75 Å². The maximum absolute atomic E-state index is 13.0. The fourth-order valence-corrected chi connectivity index (χ4v) is 6.34. The van der Waals surface area contributed by atoms with Gasteiger partial charge in [-0.15, -0.1) is 0 Å². The van der Waals surface area contributed by atoms with Gasteiger partial charge in [-0.25, -0.2) is 13.1 Å². The first kappa shape index (κ1) is 25.7. The minimum absolute atomic E-state index is 0.0839. The normalized spacial score (nSPS) is 20.9.